The molecule has 1 fully saturated rings. The number of aromatic nitrogens is 1. The van der Waals surface area contributed by atoms with E-state index in [1.807, 2.05) is 6.07 Å². The van der Waals surface area contributed by atoms with Crippen molar-refractivity contribution in [2.75, 3.05) is 52.3 Å². The highest BCUT2D eigenvalue weighted by Gasteiger charge is 2.14. The average molecular weight is 427 g/mol. The lowest BCUT2D eigenvalue weighted by atomic mass is 10.1. The summed E-state index contributed by atoms with van der Waals surface area (Å²) in [4.78, 5) is 6.74. The second kappa shape index (κ2) is 9.80. The van der Waals surface area contributed by atoms with Gasteiger partial charge in [0, 0.05) is 49.0 Å². The largest absolute Gasteiger partial charge is 0.493 e. The van der Waals surface area contributed by atoms with E-state index in [9.17, 15) is 4.39 Å². The third kappa shape index (κ3) is 5.15. The second-order valence-corrected chi connectivity index (χ2v) is 7.28. The molecule has 0 bridgehead atoms. The molecule has 1 aliphatic heterocycles. The molecule has 0 amide bonds. The number of benzene rings is 2. The zero-order chi connectivity index (χ0) is 21.6. The lowest BCUT2D eigenvalue weighted by Gasteiger charge is -2.26. The van der Waals surface area contributed by atoms with Crippen LogP contribution in [-0.4, -0.2) is 56.4 Å². The molecule has 3 aromatic rings. The van der Waals surface area contributed by atoms with Crippen molar-refractivity contribution in [3.05, 3.63) is 48.4 Å². The van der Waals surface area contributed by atoms with Gasteiger partial charge in [-0.15, -0.1) is 0 Å². The normalized spacial score (nSPS) is 14.5. The number of ether oxygens (including phenoxy) is 4. The first-order valence-corrected chi connectivity index (χ1v) is 10.3. The van der Waals surface area contributed by atoms with Crippen molar-refractivity contribution in [2.24, 2.45) is 0 Å². The van der Waals surface area contributed by atoms with Gasteiger partial charge in [-0.2, -0.15) is 0 Å². The number of fused-ring (bicyclic) bond motifs is 1. The summed E-state index contributed by atoms with van der Waals surface area (Å²) in [6.45, 7) is 4.96. The van der Waals surface area contributed by atoms with E-state index < -0.39 is 5.82 Å². The Balaban J connectivity index is 1.52. The minimum atomic E-state index is -0.530. The number of nitrogen functional groups attached to an aromatic ring is 1. The maximum absolute atomic E-state index is 14.2. The quantitative estimate of drug-likeness (QED) is 0.432. The minimum absolute atomic E-state index is 0.0884. The van der Waals surface area contributed by atoms with Crippen molar-refractivity contribution in [3.63, 3.8) is 0 Å². The number of nitrogens with zero attached hydrogens (tertiary/aromatic N) is 2. The molecule has 1 aliphatic rings. The van der Waals surface area contributed by atoms with Crippen molar-refractivity contribution in [3.8, 4) is 23.0 Å². The Bertz CT molecular complexity index is 1040. The van der Waals surface area contributed by atoms with Crippen LogP contribution in [0.25, 0.3) is 10.9 Å². The number of methoxy groups -OCH3 is 1. The molecule has 7 nitrogen and oxygen atoms in total. The van der Waals surface area contributed by atoms with Gasteiger partial charge in [-0.3, -0.25) is 9.88 Å². The predicted octanol–water partition coefficient (Wildman–Crippen LogP) is 3.86. The minimum Gasteiger partial charge on any atom is -0.493 e. The summed E-state index contributed by atoms with van der Waals surface area (Å²) in [5.74, 6) is 1.20. The number of hydrogen-bond acceptors (Lipinski definition) is 7. The van der Waals surface area contributed by atoms with Gasteiger partial charge in [-0.05, 0) is 30.7 Å². The van der Waals surface area contributed by atoms with Crippen molar-refractivity contribution in [1.82, 2.24) is 9.88 Å². The van der Waals surface area contributed by atoms with Gasteiger partial charge in [-0.1, -0.05) is 0 Å². The van der Waals surface area contributed by atoms with Gasteiger partial charge in [0.05, 0.1) is 32.4 Å². The van der Waals surface area contributed by atoms with Gasteiger partial charge in [0.2, 0.25) is 0 Å². The Hall–Kier alpha value is -3.10. The van der Waals surface area contributed by atoms with Crippen LogP contribution in [0.15, 0.2) is 42.6 Å². The molecule has 0 saturated carbocycles. The molecule has 1 saturated heterocycles. The van der Waals surface area contributed by atoms with E-state index in [4.69, 9.17) is 24.7 Å². The molecular weight excluding hydrogens is 401 g/mol. The van der Waals surface area contributed by atoms with E-state index in [1.54, 1.807) is 31.5 Å². The number of anilines is 1. The summed E-state index contributed by atoms with van der Waals surface area (Å²) in [5, 5.41) is 0.697. The molecule has 1 aromatic heterocycles. The number of rotatable bonds is 8. The van der Waals surface area contributed by atoms with E-state index in [0.29, 0.717) is 40.4 Å². The fourth-order valence-electron chi connectivity index (χ4n) is 3.50. The predicted molar refractivity (Wildman–Crippen MR) is 117 cm³/mol. The first-order chi connectivity index (χ1) is 15.1. The Morgan fingerprint density at radius 1 is 1.06 bits per heavy atom. The summed E-state index contributed by atoms with van der Waals surface area (Å²) in [5.41, 5.74) is 6.62. The van der Waals surface area contributed by atoms with Gasteiger partial charge < -0.3 is 24.7 Å². The first kappa shape index (κ1) is 21.1. The van der Waals surface area contributed by atoms with E-state index in [-0.39, 0.29) is 5.75 Å². The Morgan fingerprint density at radius 2 is 1.90 bits per heavy atom. The van der Waals surface area contributed by atoms with E-state index in [0.717, 1.165) is 39.3 Å². The molecule has 0 aliphatic carbocycles. The monoisotopic (exact) mass is 427 g/mol. The SMILES string of the molecule is COc1cc2nccc(Oc3ccc(N)cc3F)c2cc1OCCCN1CCOCC1. The van der Waals surface area contributed by atoms with Crippen LogP contribution < -0.4 is 19.9 Å². The summed E-state index contributed by atoms with van der Waals surface area (Å²) in [6.07, 6.45) is 2.49. The van der Waals surface area contributed by atoms with E-state index in [1.165, 1.54) is 12.1 Å². The molecule has 2 N–H and O–H groups in total. The molecule has 2 aromatic carbocycles. The van der Waals surface area contributed by atoms with Gasteiger partial charge in [0.25, 0.3) is 0 Å². The highest BCUT2D eigenvalue weighted by Crippen LogP contribution is 2.37. The summed E-state index contributed by atoms with van der Waals surface area (Å²) in [6, 6.07) is 9.62. The van der Waals surface area contributed by atoms with Crippen LogP contribution in [0.4, 0.5) is 10.1 Å². The van der Waals surface area contributed by atoms with Crippen LogP contribution in [0.3, 0.4) is 0 Å². The van der Waals surface area contributed by atoms with Crippen molar-refractivity contribution in [1.29, 1.82) is 0 Å². The lowest BCUT2D eigenvalue weighted by Crippen LogP contribution is -2.37. The van der Waals surface area contributed by atoms with Gasteiger partial charge in [0.15, 0.2) is 23.1 Å². The average Bonchev–Trinajstić information content (AvgIpc) is 2.79. The van der Waals surface area contributed by atoms with Gasteiger partial charge >= 0.3 is 0 Å². The zero-order valence-corrected chi connectivity index (χ0v) is 17.5. The number of halogens is 1. The Labute approximate surface area is 180 Å². The molecular formula is C23H26FN3O4. The van der Waals surface area contributed by atoms with E-state index >= 15 is 0 Å². The van der Waals surface area contributed by atoms with Crippen molar-refractivity contribution >= 4 is 16.6 Å². The standard InChI is InChI=1S/C23H26FN3O4/c1-28-22-15-19-17(14-23(22)30-10-2-7-27-8-11-29-12-9-27)20(5-6-26-19)31-21-4-3-16(25)13-18(21)24/h3-6,13-15H,2,7-12,25H2,1H3. The van der Waals surface area contributed by atoms with Crippen LogP contribution in [0.1, 0.15) is 6.42 Å². The maximum atomic E-state index is 14.2. The van der Waals surface area contributed by atoms with E-state index in [2.05, 4.69) is 9.88 Å². The summed E-state index contributed by atoms with van der Waals surface area (Å²) < 4.78 is 36.9. The number of nitrogens with two attached hydrogens (primary N) is 1. The van der Waals surface area contributed by atoms with Gasteiger partial charge in [-0.25, -0.2) is 4.39 Å². The summed E-state index contributed by atoms with van der Waals surface area (Å²) in [7, 11) is 1.59. The smallest absolute Gasteiger partial charge is 0.167 e. The van der Waals surface area contributed by atoms with Crippen molar-refractivity contribution < 1.29 is 23.3 Å². The molecule has 8 heteroatoms. The van der Waals surface area contributed by atoms with Crippen LogP contribution in [-0.2, 0) is 4.74 Å². The molecule has 0 spiro atoms. The molecule has 2 heterocycles. The van der Waals surface area contributed by atoms with Gasteiger partial charge in [0.1, 0.15) is 5.75 Å². The number of pyridine rings is 1. The highest BCUT2D eigenvalue weighted by atomic mass is 19.1. The molecule has 0 radical (unpaired) electrons. The van der Waals surface area contributed by atoms with Crippen LogP contribution in [0, 0.1) is 5.82 Å². The first-order valence-electron chi connectivity index (χ1n) is 10.3. The fraction of sp³-hybridized carbons (Fsp3) is 0.348. The molecule has 0 unspecified atom stereocenters. The molecule has 0 atom stereocenters. The fourth-order valence-corrected chi connectivity index (χ4v) is 3.50. The molecule has 4 rings (SSSR count). The third-order valence-electron chi connectivity index (χ3n) is 5.14. The summed E-state index contributed by atoms with van der Waals surface area (Å²) >= 11 is 0. The topological polar surface area (TPSA) is 79.1 Å². The third-order valence-corrected chi connectivity index (χ3v) is 5.14. The van der Waals surface area contributed by atoms with Crippen LogP contribution in [0.5, 0.6) is 23.0 Å². The Morgan fingerprint density at radius 3 is 2.68 bits per heavy atom. The Kier molecular flexibility index (Phi) is 6.69. The van der Waals surface area contributed by atoms with Crippen LogP contribution >= 0.6 is 0 Å². The number of hydrogen-bond donors (Lipinski definition) is 1. The number of morpholine rings is 1. The maximum Gasteiger partial charge on any atom is 0.167 e. The second-order valence-electron chi connectivity index (χ2n) is 7.28. The molecule has 164 valence electrons. The zero-order valence-electron chi connectivity index (χ0n) is 17.5. The molecule has 31 heavy (non-hydrogen) atoms. The van der Waals surface area contributed by atoms with Crippen LogP contribution in [0.2, 0.25) is 0 Å². The highest BCUT2D eigenvalue weighted by molar-refractivity contribution is 5.88. The van der Waals surface area contributed by atoms with Crippen molar-refractivity contribution in [2.45, 2.75) is 6.42 Å². The lowest BCUT2D eigenvalue weighted by molar-refractivity contribution is 0.0357.